The fourth-order valence-electron chi connectivity index (χ4n) is 3.32. The van der Waals surface area contributed by atoms with Crippen molar-refractivity contribution in [2.45, 2.75) is 31.7 Å². The molecule has 0 aromatic heterocycles. The number of hydrogen-bond donors (Lipinski definition) is 0. The number of anilines is 1. The third-order valence-corrected chi connectivity index (χ3v) is 5.01. The topological polar surface area (TPSA) is 32.8 Å². The van der Waals surface area contributed by atoms with Crippen molar-refractivity contribution in [2.24, 2.45) is 5.92 Å². The number of nitrogens with zero attached hydrogens (tertiary/aromatic N) is 2. The maximum atomic E-state index is 11.5. The van der Waals surface area contributed by atoms with Crippen LogP contribution in [0.15, 0.2) is 24.3 Å². The molecule has 1 aliphatic heterocycles. The maximum Gasteiger partial charge on any atom is 0.337 e. The Labute approximate surface area is 133 Å². The van der Waals surface area contributed by atoms with Gasteiger partial charge in [0.05, 0.1) is 12.7 Å². The van der Waals surface area contributed by atoms with E-state index >= 15 is 0 Å². The van der Waals surface area contributed by atoms with Crippen LogP contribution in [0.4, 0.5) is 5.69 Å². The Morgan fingerprint density at radius 2 is 1.82 bits per heavy atom. The Kier molecular flexibility index (Phi) is 4.67. The van der Waals surface area contributed by atoms with Crippen LogP contribution in [0.25, 0.3) is 0 Å². The SMILES string of the molecule is COC(=O)c1ccc(N(C)C2CCN(CC3CC3)CC2)cc1. The van der Waals surface area contributed by atoms with E-state index in [4.69, 9.17) is 4.74 Å². The summed E-state index contributed by atoms with van der Waals surface area (Å²) in [6.07, 6.45) is 5.32. The minimum Gasteiger partial charge on any atom is -0.465 e. The summed E-state index contributed by atoms with van der Waals surface area (Å²) in [4.78, 5) is 16.5. The van der Waals surface area contributed by atoms with E-state index in [2.05, 4.69) is 16.8 Å². The van der Waals surface area contributed by atoms with E-state index in [0.29, 0.717) is 11.6 Å². The lowest BCUT2D eigenvalue weighted by Gasteiger charge is -2.38. The molecule has 2 aliphatic rings. The number of carbonyl (C=O) groups is 1. The molecule has 3 rings (SSSR count). The highest BCUT2D eigenvalue weighted by atomic mass is 16.5. The lowest BCUT2D eigenvalue weighted by molar-refractivity contribution is 0.0601. The zero-order chi connectivity index (χ0) is 15.5. The molecule has 0 unspecified atom stereocenters. The predicted octanol–water partition coefficient (Wildman–Crippen LogP) is 2.78. The molecule has 0 atom stereocenters. The monoisotopic (exact) mass is 302 g/mol. The van der Waals surface area contributed by atoms with E-state index in [9.17, 15) is 4.79 Å². The molecule has 2 fully saturated rings. The molecule has 4 heteroatoms. The minimum atomic E-state index is -0.275. The summed E-state index contributed by atoms with van der Waals surface area (Å²) in [5, 5.41) is 0. The third kappa shape index (κ3) is 3.61. The van der Waals surface area contributed by atoms with Crippen LogP contribution in [0.1, 0.15) is 36.0 Å². The van der Waals surface area contributed by atoms with Crippen LogP contribution in [0.5, 0.6) is 0 Å². The van der Waals surface area contributed by atoms with E-state index in [1.165, 1.54) is 58.1 Å². The van der Waals surface area contributed by atoms with Crippen molar-refractivity contribution >= 4 is 11.7 Å². The average molecular weight is 302 g/mol. The van der Waals surface area contributed by atoms with Gasteiger partial charge in [0.2, 0.25) is 0 Å². The molecule has 1 aliphatic carbocycles. The van der Waals surface area contributed by atoms with Crippen LogP contribution >= 0.6 is 0 Å². The van der Waals surface area contributed by atoms with Crippen LogP contribution in [0.3, 0.4) is 0 Å². The highest BCUT2D eigenvalue weighted by Gasteiger charge is 2.28. The largest absolute Gasteiger partial charge is 0.465 e. The van der Waals surface area contributed by atoms with Gasteiger partial charge < -0.3 is 14.5 Å². The van der Waals surface area contributed by atoms with Gasteiger partial charge in [-0.25, -0.2) is 4.79 Å². The lowest BCUT2D eigenvalue weighted by Crippen LogP contribution is -2.44. The second-order valence-electron chi connectivity index (χ2n) is 6.62. The van der Waals surface area contributed by atoms with Crippen LogP contribution in [-0.4, -0.2) is 50.7 Å². The first-order chi connectivity index (χ1) is 10.7. The zero-order valence-corrected chi connectivity index (χ0v) is 13.6. The molecule has 0 N–H and O–H groups in total. The molecular formula is C18H26N2O2. The van der Waals surface area contributed by atoms with Gasteiger partial charge in [-0.05, 0) is 55.9 Å². The van der Waals surface area contributed by atoms with Gasteiger partial charge in [0.1, 0.15) is 0 Å². The van der Waals surface area contributed by atoms with Gasteiger partial charge >= 0.3 is 5.97 Å². The summed E-state index contributed by atoms with van der Waals surface area (Å²) in [6.45, 7) is 3.74. The molecule has 0 radical (unpaired) electrons. The fraction of sp³-hybridized carbons (Fsp3) is 0.611. The molecule has 0 amide bonds. The molecule has 4 nitrogen and oxygen atoms in total. The van der Waals surface area contributed by atoms with Crippen molar-refractivity contribution < 1.29 is 9.53 Å². The Bertz CT molecular complexity index is 502. The molecule has 1 saturated heterocycles. The first kappa shape index (κ1) is 15.3. The first-order valence-electron chi connectivity index (χ1n) is 8.31. The number of hydrogen-bond acceptors (Lipinski definition) is 4. The molecule has 22 heavy (non-hydrogen) atoms. The van der Waals surface area contributed by atoms with Gasteiger partial charge in [-0.15, -0.1) is 0 Å². The van der Waals surface area contributed by atoms with E-state index in [1.807, 2.05) is 24.3 Å². The summed E-state index contributed by atoms with van der Waals surface area (Å²) < 4.78 is 4.74. The number of benzene rings is 1. The van der Waals surface area contributed by atoms with E-state index in [-0.39, 0.29) is 5.97 Å². The molecule has 1 saturated carbocycles. The summed E-state index contributed by atoms with van der Waals surface area (Å²) in [7, 11) is 3.58. The smallest absolute Gasteiger partial charge is 0.337 e. The number of ether oxygens (including phenoxy) is 1. The van der Waals surface area contributed by atoms with Crippen LogP contribution in [0, 0.1) is 5.92 Å². The van der Waals surface area contributed by atoms with E-state index in [0.717, 1.165) is 5.92 Å². The van der Waals surface area contributed by atoms with Gasteiger partial charge in [-0.3, -0.25) is 0 Å². The molecule has 120 valence electrons. The molecule has 0 spiro atoms. The number of piperidine rings is 1. The highest BCUT2D eigenvalue weighted by Crippen LogP contribution is 2.31. The van der Waals surface area contributed by atoms with Gasteiger partial charge in [0.25, 0.3) is 0 Å². The molecule has 1 aromatic carbocycles. The van der Waals surface area contributed by atoms with Crippen molar-refractivity contribution in [3.05, 3.63) is 29.8 Å². The molecule has 1 aromatic rings. The first-order valence-corrected chi connectivity index (χ1v) is 8.31. The highest BCUT2D eigenvalue weighted by molar-refractivity contribution is 5.89. The van der Waals surface area contributed by atoms with Gasteiger partial charge in [-0.2, -0.15) is 0 Å². The normalized spacial score (nSPS) is 19.9. The summed E-state index contributed by atoms with van der Waals surface area (Å²) in [6, 6.07) is 8.32. The third-order valence-electron chi connectivity index (χ3n) is 5.01. The minimum absolute atomic E-state index is 0.275. The average Bonchev–Trinajstić information content (AvgIpc) is 3.38. The number of methoxy groups -OCH3 is 1. The Morgan fingerprint density at radius 3 is 2.36 bits per heavy atom. The zero-order valence-electron chi connectivity index (χ0n) is 13.6. The van der Waals surface area contributed by atoms with Crippen LogP contribution in [0.2, 0.25) is 0 Å². The second-order valence-corrected chi connectivity index (χ2v) is 6.62. The number of carbonyl (C=O) groups excluding carboxylic acids is 1. The fourth-order valence-corrected chi connectivity index (χ4v) is 3.32. The van der Waals surface area contributed by atoms with Crippen molar-refractivity contribution in [3.63, 3.8) is 0 Å². The number of likely N-dealkylation sites (tertiary alicyclic amines) is 1. The summed E-state index contributed by atoms with van der Waals surface area (Å²) in [5.41, 5.74) is 1.78. The standard InChI is InChI=1S/C18H26N2O2/c1-19(16-7-5-15(6-8-16)18(21)22-2)17-9-11-20(12-10-17)13-14-3-4-14/h5-8,14,17H,3-4,9-13H2,1-2H3. The van der Waals surface area contributed by atoms with Gasteiger partial charge in [-0.1, -0.05) is 0 Å². The van der Waals surface area contributed by atoms with Crippen molar-refractivity contribution in [2.75, 3.05) is 38.7 Å². The molecule has 0 bridgehead atoms. The summed E-state index contributed by atoms with van der Waals surface area (Å²) in [5.74, 6) is 0.711. The van der Waals surface area contributed by atoms with Crippen molar-refractivity contribution in [3.8, 4) is 0 Å². The predicted molar refractivity (Wildman–Crippen MR) is 88.4 cm³/mol. The van der Waals surface area contributed by atoms with Crippen molar-refractivity contribution in [1.29, 1.82) is 0 Å². The Morgan fingerprint density at radius 1 is 1.18 bits per heavy atom. The van der Waals surface area contributed by atoms with Gasteiger partial charge in [0, 0.05) is 38.4 Å². The summed E-state index contributed by atoms with van der Waals surface area (Å²) >= 11 is 0. The lowest BCUT2D eigenvalue weighted by atomic mass is 10.0. The van der Waals surface area contributed by atoms with E-state index in [1.54, 1.807) is 0 Å². The quantitative estimate of drug-likeness (QED) is 0.783. The Balaban J connectivity index is 1.54. The number of esters is 1. The molecular weight excluding hydrogens is 276 g/mol. The van der Waals surface area contributed by atoms with Crippen molar-refractivity contribution in [1.82, 2.24) is 4.90 Å². The number of rotatable bonds is 5. The maximum absolute atomic E-state index is 11.5. The van der Waals surface area contributed by atoms with Crippen LogP contribution < -0.4 is 4.90 Å². The Hall–Kier alpha value is -1.55. The van der Waals surface area contributed by atoms with E-state index < -0.39 is 0 Å². The van der Waals surface area contributed by atoms with Crippen LogP contribution in [-0.2, 0) is 4.74 Å². The van der Waals surface area contributed by atoms with Gasteiger partial charge in [0.15, 0.2) is 0 Å². The molecule has 1 heterocycles. The second kappa shape index (κ2) is 6.69.